The number of carbonyl (C=O) groups excluding carboxylic acids is 1. The molecule has 0 unspecified atom stereocenters. The average molecular weight is 552 g/mol. The molecule has 35 heavy (non-hydrogen) atoms. The quantitative estimate of drug-likeness (QED) is 0.381. The molecule has 0 N–H and O–H groups in total. The van der Waals surface area contributed by atoms with E-state index in [4.69, 9.17) is 4.74 Å². The van der Waals surface area contributed by atoms with Gasteiger partial charge in [-0.3, -0.25) is 0 Å². The molecule has 0 heterocycles. The van der Waals surface area contributed by atoms with Gasteiger partial charge < -0.3 is 9.47 Å². The van der Waals surface area contributed by atoms with E-state index in [-0.39, 0.29) is 28.2 Å². The molecule has 10 heteroatoms. The molecule has 0 bridgehead atoms. The molecule has 0 aliphatic heterocycles. The Morgan fingerprint density at radius 2 is 1.40 bits per heavy atom. The third-order valence-electron chi connectivity index (χ3n) is 5.04. The Hall–Kier alpha value is -1.09. The normalized spacial score (nSPS) is 19.3. The number of carbonyl (C=O) groups is 1. The molecule has 0 amide bonds. The van der Waals surface area contributed by atoms with E-state index in [1.165, 1.54) is 58.2 Å². The first-order chi connectivity index (χ1) is 15.8. The SMILES string of the molecule is CO[C@](C(=O)OC[C]1[CH][CH][CH][C]1S(=O)(=O)C(C)(C)C)(c1ccccc1)C(F)(F)F.[CH]1[CH][CH][CH][CH]1.[Fe+2]. The second-order valence-corrected chi connectivity index (χ2v) is 11.0. The van der Waals surface area contributed by atoms with Crippen LogP contribution in [0.2, 0.25) is 0 Å². The van der Waals surface area contributed by atoms with E-state index in [0.29, 0.717) is 0 Å². The van der Waals surface area contributed by atoms with Gasteiger partial charge in [-0.25, -0.2) is 13.2 Å². The first-order valence-electron chi connectivity index (χ1n) is 10.3. The molecule has 0 saturated heterocycles. The number of sulfone groups is 1. The van der Waals surface area contributed by atoms with Crippen molar-refractivity contribution in [3.8, 4) is 0 Å². The summed E-state index contributed by atoms with van der Waals surface area (Å²) in [7, 11) is -3.01. The van der Waals surface area contributed by atoms with E-state index < -0.39 is 44.5 Å². The molecule has 1 aromatic rings. The van der Waals surface area contributed by atoms with Crippen LogP contribution in [0.15, 0.2) is 30.3 Å². The van der Waals surface area contributed by atoms with Gasteiger partial charge in [0.15, 0.2) is 9.84 Å². The zero-order chi connectivity index (χ0) is 25.6. The standard InChI is InChI=1S/C20H22F3O5S.C5H5.Fe/c1-18(2,3)29(25,26)16-12-8-9-14(16)13-28-17(24)19(27-4,20(21,22)23)15-10-6-5-7-11-15;1-2-4-5-3-1;/h5-12H,13H2,1-4H3;1-5H;/q;;+2/t19-;;/m0../s1. The van der Waals surface area contributed by atoms with Gasteiger partial charge in [-0.15, -0.1) is 0 Å². The monoisotopic (exact) mass is 552 g/mol. The molecular weight excluding hydrogens is 525 g/mol. The first kappa shape index (κ1) is 31.9. The predicted molar refractivity (Wildman–Crippen MR) is 122 cm³/mol. The fraction of sp³-hybridized carbons (Fsp3) is 0.320. The minimum absolute atomic E-state index is 0. The van der Waals surface area contributed by atoms with E-state index in [1.807, 2.05) is 32.1 Å². The van der Waals surface area contributed by atoms with Crippen LogP contribution < -0.4 is 0 Å². The Kier molecular flexibility index (Phi) is 11.8. The van der Waals surface area contributed by atoms with Crippen molar-refractivity contribution in [2.45, 2.75) is 37.3 Å². The molecule has 0 aromatic heterocycles. The predicted octanol–water partition coefficient (Wildman–Crippen LogP) is 4.60. The Morgan fingerprint density at radius 1 is 0.886 bits per heavy atom. The van der Waals surface area contributed by atoms with Gasteiger partial charge >= 0.3 is 29.2 Å². The summed E-state index contributed by atoms with van der Waals surface area (Å²) in [5.41, 5.74) is -3.77. The van der Waals surface area contributed by atoms with Crippen LogP contribution in [0.25, 0.3) is 0 Å². The number of benzene rings is 1. The van der Waals surface area contributed by atoms with Crippen LogP contribution >= 0.6 is 0 Å². The molecule has 0 spiro atoms. The van der Waals surface area contributed by atoms with Crippen LogP contribution in [-0.2, 0) is 46.8 Å². The van der Waals surface area contributed by atoms with Gasteiger partial charge in [-0.1, -0.05) is 30.3 Å². The fourth-order valence-corrected chi connectivity index (χ4v) is 4.49. The van der Waals surface area contributed by atoms with Crippen molar-refractivity contribution < 1.29 is 52.9 Å². The largest absolute Gasteiger partial charge is 2.00 e. The first-order valence-corrected chi connectivity index (χ1v) is 11.8. The second-order valence-electron chi connectivity index (χ2n) is 8.32. The Morgan fingerprint density at radius 3 is 1.83 bits per heavy atom. The van der Waals surface area contributed by atoms with Crippen LogP contribution in [0.3, 0.4) is 0 Å². The molecule has 5 nitrogen and oxygen atoms in total. The summed E-state index contributed by atoms with van der Waals surface area (Å²) >= 11 is 0. The number of halogens is 3. The molecular formula is C25H27F3FeO5S+2. The second kappa shape index (κ2) is 12.9. The summed E-state index contributed by atoms with van der Waals surface area (Å²) < 4.78 is 75.4. The van der Waals surface area contributed by atoms with Gasteiger partial charge in [-0.2, -0.15) is 13.2 Å². The Bertz CT molecular complexity index is 888. The van der Waals surface area contributed by atoms with Gasteiger partial charge in [0.2, 0.25) is 0 Å². The number of methoxy groups -OCH3 is 1. The molecule has 2 fully saturated rings. The van der Waals surface area contributed by atoms with Crippen LogP contribution in [0, 0.1) is 62.5 Å². The summed E-state index contributed by atoms with van der Waals surface area (Å²) in [5.74, 6) is -1.59. The number of ether oxygens (including phenoxy) is 2. The Labute approximate surface area is 217 Å². The van der Waals surface area contributed by atoms with Crippen molar-refractivity contribution in [1.29, 1.82) is 0 Å². The maximum Gasteiger partial charge on any atom is 2.00 e. The van der Waals surface area contributed by atoms with Crippen LogP contribution in [-0.4, -0.2) is 39.0 Å². The van der Waals surface area contributed by atoms with Gasteiger partial charge in [0, 0.05) is 18.6 Å². The van der Waals surface area contributed by atoms with E-state index >= 15 is 0 Å². The molecule has 3 rings (SSSR count). The third-order valence-corrected chi connectivity index (χ3v) is 7.63. The number of hydrogen-bond acceptors (Lipinski definition) is 5. The van der Waals surface area contributed by atoms with Crippen molar-refractivity contribution >= 4 is 15.8 Å². The molecule has 1 atom stereocenters. The zero-order valence-electron chi connectivity index (χ0n) is 19.6. The molecule has 1 aromatic carbocycles. The smallest absolute Gasteiger partial charge is 0.462 e. The Balaban J connectivity index is 0.000000904. The van der Waals surface area contributed by atoms with Crippen molar-refractivity contribution in [3.63, 3.8) is 0 Å². The summed E-state index contributed by atoms with van der Waals surface area (Å²) in [6.07, 6.45) is 9.05. The number of hydrogen-bond donors (Lipinski definition) is 0. The fourth-order valence-electron chi connectivity index (χ4n) is 3.10. The van der Waals surface area contributed by atoms with Crippen molar-refractivity contribution in [2.75, 3.05) is 13.7 Å². The van der Waals surface area contributed by atoms with Gasteiger partial charge in [-0.05, 0) is 72.1 Å². The van der Waals surface area contributed by atoms with Crippen LogP contribution in [0.5, 0.6) is 0 Å². The zero-order valence-corrected chi connectivity index (χ0v) is 21.6. The molecule has 10 radical (unpaired) electrons. The number of alkyl halides is 3. The van der Waals surface area contributed by atoms with Gasteiger partial charge in [0.1, 0.15) is 5.25 Å². The molecule has 190 valence electrons. The van der Waals surface area contributed by atoms with Crippen LogP contribution in [0.4, 0.5) is 13.2 Å². The summed E-state index contributed by atoms with van der Waals surface area (Å²) in [4.78, 5) is 12.6. The summed E-state index contributed by atoms with van der Waals surface area (Å²) in [6, 6.07) is 6.40. The minimum Gasteiger partial charge on any atom is -0.462 e. The van der Waals surface area contributed by atoms with E-state index in [9.17, 15) is 26.4 Å². The van der Waals surface area contributed by atoms with E-state index in [2.05, 4.69) is 4.74 Å². The maximum atomic E-state index is 13.9. The minimum atomic E-state index is -5.10. The summed E-state index contributed by atoms with van der Waals surface area (Å²) in [6.45, 7) is 3.85. The van der Waals surface area contributed by atoms with Gasteiger partial charge in [0.25, 0.3) is 5.60 Å². The van der Waals surface area contributed by atoms with Crippen molar-refractivity contribution in [1.82, 2.24) is 0 Å². The molecule has 2 aliphatic carbocycles. The average Bonchev–Trinajstić information content (AvgIpc) is 3.47. The van der Waals surface area contributed by atoms with E-state index in [1.54, 1.807) is 0 Å². The van der Waals surface area contributed by atoms with E-state index in [0.717, 1.165) is 19.2 Å². The van der Waals surface area contributed by atoms with Crippen molar-refractivity contribution in [3.05, 3.63) is 98.4 Å². The number of rotatable bonds is 6. The topological polar surface area (TPSA) is 69.7 Å². The van der Waals surface area contributed by atoms with Crippen LogP contribution in [0.1, 0.15) is 26.3 Å². The molecule has 2 saturated carbocycles. The van der Waals surface area contributed by atoms with Gasteiger partial charge in [0.05, 0.1) is 11.4 Å². The third kappa shape index (κ3) is 7.24. The van der Waals surface area contributed by atoms with Crippen molar-refractivity contribution in [2.24, 2.45) is 0 Å². The summed E-state index contributed by atoms with van der Waals surface area (Å²) in [5, 5.41) is -0.0902. The molecule has 2 aliphatic rings. The maximum absolute atomic E-state index is 13.9. The number of esters is 1.